The van der Waals surface area contributed by atoms with Gasteiger partial charge < -0.3 is 14.2 Å². The second-order valence-corrected chi connectivity index (χ2v) is 15.3. The largest absolute Gasteiger partial charge is 0.456 e. The standard InChI is InChI=1S/C58H40N2O/c1-4-14-41(15-5-1)43-24-30-48(31-25-43)60(49-32-26-44(27-33-49)42-16-6-2-7-17-42)56-39-38-51(52-20-10-11-21-53(52)56)45-28-34-47(35-29-45)59(46-18-8-3-9-19-46)50-36-37-55-54-22-12-13-23-57(54)61-58(55)40-50/h1-40H. The Balaban J connectivity index is 0.990. The van der Waals surface area contributed by atoms with E-state index in [-0.39, 0.29) is 0 Å². The maximum atomic E-state index is 6.33. The second kappa shape index (κ2) is 15.6. The lowest BCUT2D eigenvalue weighted by Gasteiger charge is -2.28. The molecule has 11 rings (SSSR count). The summed E-state index contributed by atoms with van der Waals surface area (Å²) in [5.41, 5.74) is 15.4. The zero-order valence-electron chi connectivity index (χ0n) is 33.4. The Morgan fingerprint density at radius 1 is 0.246 bits per heavy atom. The van der Waals surface area contributed by atoms with Crippen molar-refractivity contribution < 1.29 is 4.42 Å². The van der Waals surface area contributed by atoms with Crippen LogP contribution >= 0.6 is 0 Å². The van der Waals surface area contributed by atoms with Gasteiger partial charge in [-0.05, 0) is 112 Å². The minimum Gasteiger partial charge on any atom is -0.456 e. The third-order valence-corrected chi connectivity index (χ3v) is 11.7. The van der Waals surface area contributed by atoms with Gasteiger partial charge in [0.05, 0.1) is 5.69 Å². The predicted molar refractivity (Wildman–Crippen MR) is 257 cm³/mol. The lowest BCUT2D eigenvalue weighted by molar-refractivity contribution is 0.669. The number of hydrogen-bond acceptors (Lipinski definition) is 3. The first-order chi connectivity index (χ1) is 30.2. The first-order valence-corrected chi connectivity index (χ1v) is 20.7. The number of benzene rings is 10. The van der Waals surface area contributed by atoms with E-state index in [0.717, 1.165) is 61.6 Å². The maximum Gasteiger partial charge on any atom is 0.137 e. The minimum absolute atomic E-state index is 0.871. The normalized spacial score (nSPS) is 11.3. The molecule has 0 spiro atoms. The molecule has 0 N–H and O–H groups in total. The molecule has 61 heavy (non-hydrogen) atoms. The molecule has 0 unspecified atom stereocenters. The van der Waals surface area contributed by atoms with Crippen LogP contribution in [0.1, 0.15) is 0 Å². The zero-order valence-corrected chi connectivity index (χ0v) is 33.4. The van der Waals surface area contributed by atoms with Gasteiger partial charge in [-0.15, -0.1) is 0 Å². The summed E-state index contributed by atoms with van der Waals surface area (Å²) in [6.45, 7) is 0. The van der Waals surface area contributed by atoms with E-state index in [0.29, 0.717) is 0 Å². The monoisotopic (exact) mass is 780 g/mol. The van der Waals surface area contributed by atoms with Crippen molar-refractivity contribution in [2.45, 2.75) is 0 Å². The summed E-state index contributed by atoms with van der Waals surface area (Å²) in [6, 6.07) is 86.5. The molecule has 1 aromatic heterocycles. The van der Waals surface area contributed by atoms with Gasteiger partial charge in [-0.3, -0.25) is 0 Å². The summed E-state index contributed by atoms with van der Waals surface area (Å²) >= 11 is 0. The molecule has 0 aliphatic carbocycles. The molecule has 0 radical (unpaired) electrons. The Bertz CT molecular complexity index is 3180. The summed E-state index contributed by atoms with van der Waals surface area (Å²) < 4.78 is 6.33. The highest BCUT2D eigenvalue weighted by Gasteiger charge is 2.19. The summed E-state index contributed by atoms with van der Waals surface area (Å²) in [4.78, 5) is 4.68. The van der Waals surface area contributed by atoms with Gasteiger partial charge in [0, 0.05) is 50.7 Å². The molecule has 0 fully saturated rings. The molecule has 0 aliphatic heterocycles. The van der Waals surface area contributed by atoms with Crippen molar-refractivity contribution in [2.75, 3.05) is 9.80 Å². The third-order valence-electron chi connectivity index (χ3n) is 11.7. The Morgan fingerprint density at radius 2 is 0.672 bits per heavy atom. The fraction of sp³-hybridized carbons (Fsp3) is 0. The lowest BCUT2D eigenvalue weighted by Crippen LogP contribution is -2.10. The van der Waals surface area contributed by atoms with Crippen molar-refractivity contribution in [2.24, 2.45) is 0 Å². The third kappa shape index (κ3) is 6.78. The van der Waals surface area contributed by atoms with Crippen LogP contribution in [0.4, 0.5) is 34.1 Å². The Kier molecular flexibility index (Phi) is 9.18. The Morgan fingerprint density at radius 3 is 1.28 bits per heavy atom. The highest BCUT2D eigenvalue weighted by Crippen LogP contribution is 2.44. The van der Waals surface area contributed by atoms with Crippen LogP contribution in [0.15, 0.2) is 247 Å². The van der Waals surface area contributed by atoms with Gasteiger partial charge in [0.1, 0.15) is 11.2 Å². The number of furan rings is 1. The van der Waals surface area contributed by atoms with Crippen LogP contribution in [-0.4, -0.2) is 0 Å². The molecule has 10 aromatic carbocycles. The molecule has 288 valence electrons. The number of para-hydroxylation sites is 2. The van der Waals surface area contributed by atoms with E-state index in [1.807, 2.05) is 12.1 Å². The van der Waals surface area contributed by atoms with Crippen LogP contribution in [0.2, 0.25) is 0 Å². The second-order valence-electron chi connectivity index (χ2n) is 15.3. The van der Waals surface area contributed by atoms with Gasteiger partial charge in [0.2, 0.25) is 0 Å². The first kappa shape index (κ1) is 36.0. The number of anilines is 6. The fourth-order valence-electron chi connectivity index (χ4n) is 8.69. The van der Waals surface area contributed by atoms with Gasteiger partial charge in [0.25, 0.3) is 0 Å². The summed E-state index contributed by atoms with van der Waals surface area (Å²) in [6.07, 6.45) is 0. The van der Waals surface area contributed by atoms with E-state index >= 15 is 0 Å². The van der Waals surface area contributed by atoms with Crippen LogP contribution in [0, 0.1) is 0 Å². The van der Waals surface area contributed by atoms with E-state index in [1.54, 1.807) is 0 Å². The molecular weight excluding hydrogens is 741 g/mol. The van der Waals surface area contributed by atoms with Crippen LogP contribution in [0.3, 0.4) is 0 Å². The van der Waals surface area contributed by atoms with Gasteiger partial charge in [-0.2, -0.15) is 0 Å². The van der Waals surface area contributed by atoms with Gasteiger partial charge in [0.15, 0.2) is 0 Å². The molecule has 0 amide bonds. The summed E-state index contributed by atoms with van der Waals surface area (Å²) in [5, 5.41) is 4.61. The van der Waals surface area contributed by atoms with E-state index in [1.165, 1.54) is 38.6 Å². The van der Waals surface area contributed by atoms with Crippen LogP contribution < -0.4 is 9.80 Å². The number of rotatable bonds is 9. The molecule has 0 aliphatic rings. The predicted octanol–water partition coefficient (Wildman–Crippen LogP) is 16.7. The molecule has 3 heteroatoms. The smallest absolute Gasteiger partial charge is 0.137 e. The van der Waals surface area contributed by atoms with Crippen LogP contribution in [0.5, 0.6) is 0 Å². The molecule has 0 saturated carbocycles. The molecular formula is C58H40N2O. The van der Waals surface area contributed by atoms with Crippen molar-refractivity contribution in [3.63, 3.8) is 0 Å². The average Bonchev–Trinajstić information content (AvgIpc) is 3.71. The van der Waals surface area contributed by atoms with Gasteiger partial charge in [-0.25, -0.2) is 0 Å². The van der Waals surface area contributed by atoms with Crippen molar-refractivity contribution in [3.05, 3.63) is 243 Å². The van der Waals surface area contributed by atoms with Crippen molar-refractivity contribution in [1.29, 1.82) is 0 Å². The van der Waals surface area contributed by atoms with Crippen molar-refractivity contribution in [3.8, 4) is 33.4 Å². The zero-order chi connectivity index (χ0) is 40.5. The summed E-state index contributed by atoms with van der Waals surface area (Å²) in [7, 11) is 0. The highest BCUT2D eigenvalue weighted by molar-refractivity contribution is 6.07. The van der Waals surface area contributed by atoms with Gasteiger partial charge >= 0.3 is 0 Å². The molecule has 1 heterocycles. The molecule has 3 nitrogen and oxygen atoms in total. The van der Waals surface area contributed by atoms with Crippen LogP contribution in [0.25, 0.3) is 66.1 Å². The van der Waals surface area contributed by atoms with Crippen molar-refractivity contribution >= 4 is 66.8 Å². The lowest BCUT2D eigenvalue weighted by atomic mass is 9.95. The SMILES string of the molecule is c1ccc(-c2ccc(N(c3ccc(-c4ccccc4)cc3)c3ccc(-c4ccc(N(c5ccccc5)c5ccc6c(c5)oc5ccccc56)cc4)c4ccccc34)cc2)cc1. The van der Waals surface area contributed by atoms with Crippen molar-refractivity contribution in [1.82, 2.24) is 0 Å². The van der Waals surface area contributed by atoms with Crippen LogP contribution in [-0.2, 0) is 0 Å². The van der Waals surface area contributed by atoms with E-state index in [2.05, 4.69) is 240 Å². The number of hydrogen-bond donors (Lipinski definition) is 0. The van der Waals surface area contributed by atoms with E-state index in [9.17, 15) is 0 Å². The topological polar surface area (TPSA) is 19.6 Å². The number of nitrogens with zero attached hydrogens (tertiary/aromatic N) is 2. The minimum atomic E-state index is 0.871. The van der Waals surface area contributed by atoms with E-state index in [4.69, 9.17) is 4.42 Å². The maximum absolute atomic E-state index is 6.33. The fourth-order valence-corrected chi connectivity index (χ4v) is 8.69. The molecule has 0 saturated heterocycles. The number of fused-ring (bicyclic) bond motifs is 4. The average molecular weight is 781 g/mol. The summed E-state index contributed by atoms with van der Waals surface area (Å²) in [5.74, 6) is 0. The molecule has 11 aromatic rings. The Labute approximate surface area is 355 Å². The molecule has 0 atom stereocenters. The highest BCUT2D eigenvalue weighted by atomic mass is 16.3. The Hall–Kier alpha value is -8.14. The first-order valence-electron chi connectivity index (χ1n) is 20.7. The van der Waals surface area contributed by atoms with Gasteiger partial charge in [-0.1, -0.05) is 164 Å². The quantitative estimate of drug-likeness (QED) is 0.145. The molecule has 0 bridgehead atoms. The van der Waals surface area contributed by atoms with E-state index < -0.39 is 0 Å².